The number of pyridine rings is 1. The van der Waals surface area contributed by atoms with Gasteiger partial charge in [-0.2, -0.15) is 13.2 Å². The van der Waals surface area contributed by atoms with Crippen molar-refractivity contribution in [2.45, 2.75) is 6.18 Å². The van der Waals surface area contributed by atoms with Crippen LogP contribution in [0.1, 0.15) is 15.9 Å². The van der Waals surface area contributed by atoms with E-state index in [-0.39, 0.29) is 22.6 Å². The molecule has 8 heteroatoms. The van der Waals surface area contributed by atoms with Crippen molar-refractivity contribution in [3.05, 3.63) is 53.7 Å². The third-order valence-corrected chi connectivity index (χ3v) is 3.14. The second-order valence-electron chi connectivity index (χ2n) is 4.49. The maximum absolute atomic E-state index is 13.1. The minimum absolute atomic E-state index is 0.0121. The van der Waals surface area contributed by atoms with Crippen molar-refractivity contribution in [2.24, 2.45) is 0 Å². The predicted molar refractivity (Wildman–Crippen MR) is 70.4 cm³/mol. The van der Waals surface area contributed by atoms with Crippen LogP contribution in [0.3, 0.4) is 0 Å². The Hall–Kier alpha value is -2.90. The lowest BCUT2D eigenvalue weighted by Gasteiger charge is -2.11. The molecule has 2 heterocycles. The Bertz CT molecular complexity index is 871. The highest BCUT2D eigenvalue weighted by Crippen LogP contribution is 2.36. The minimum atomic E-state index is -4.55. The highest BCUT2D eigenvalue weighted by Gasteiger charge is 2.34. The van der Waals surface area contributed by atoms with Crippen LogP contribution in [0.15, 0.2) is 42.6 Å². The van der Waals surface area contributed by atoms with E-state index in [1.54, 1.807) is 0 Å². The number of aromatic carboxylic acids is 1. The fraction of sp³-hybridized carbons (Fsp3) is 0.0714. The SMILES string of the molecule is O=C(O)c1cccn2c(-c3ccccc3C(F)(F)F)nnc12. The third kappa shape index (κ3) is 2.18. The lowest BCUT2D eigenvalue weighted by Crippen LogP contribution is -2.08. The second-order valence-corrected chi connectivity index (χ2v) is 4.49. The van der Waals surface area contributed by atoms with E-state index in [1.807, 2.05) is 0 Å². The number of rotatable bonds is 2. The summed E-state index contributed by atoms with van der Waals surface area (Å²) in [6.07, 6.45) is -3.13. The Morgan fingerprint density at radius 3 is 2.50 bits per heavy atom. The average molecular weight is 307 g/mol. The van der Waals surface area contributed by atoms with Gasteiger partial charge in [-0.05, 0) is 18.2 Å². The van der Waals surface area contributed by atoms with Crippen molar-refractivity contribution in [2.75, 3.05) is 0 Å². The summed E-state index contributed by atoms with van der Waals surface area (Å²) in [5.41, 5.74) is -1.16. The molecule has 0 saturated carbocycles. The van der Waals surface area contributed by atoms with Crippen molar-refractivity contribution in [3.8, 4) is 11.4 Å². The van der Waals surface area contributed by atoms with Gasteiger partial charge in [-0.25, -0.2) is 4.79 Å². The van der Waals surface area contributed by atoms with E-state index in [2.05, 4.69) is 10.2 Å². The van der Waals surface area contributed by atoms with Crippen LogP contribution in [-0.4, -0.2) is 25.7 Å². The first-order valence-electron chi connectivity index (χ1n) is 6.13. The monoisotopic (exact) mass is 307 g/mol. The van der Waals surface area contributed by atoms with Crippen LogP contribution in [0.25, 0.3) is 17.0 Å². The van der Waals surface area contributed by atoms with E-state index >= 15 is 0 Å². The third-order valence-electron chi connectivity index (χ3n) is 3.14. The summed E-state index contributed by atoms with van der Waals surface area (Å²) in [6.45, 7) is 0. The fourth-order valence-corrected chi connectivity index (χ4v) is 2.19. The number of carbonyl (C=O) groups is 1. The molecule has 0 unspecified atom stereocenters. The summed E-state index contributed by atoms with van der Waals surface area (Å²) in [5, 5.41) is 16.5. The molecule has 1 aromatic carbocycles. The maximum Gasteiger partial charge on any atom is 0.417 e. The Labute approximate surface area is 121 Å². The summed E-state index contributed by atoms with van der Waals surface area (Å²) in [7, 11) is 0. The summed E-state index contributed by atoms with van der Waals surface area (Å²) >= 11 is 0. The molecule has 0 amide bonds. The second kappa shape index (κ2) is 4.83. The molecule has 3 rings (SSSR count). The minimum Gasteiger partial charge on any atom is -0.478 e. The van der Waals surface area contributed by atoms with Crippen LogP contribution >= 0.6 is 0 Å². The van der Waals surface area contributed by atoms with Gasteiger partial charge < -0.3 is 5.11 Å². The Morgan fingerprint density at radius 1 is 1.09 bits per heavy atom. The smallest absolute Gasteiger partial charge is 0.417 e. The molecule has 0 aliphatic rings. The highest BCUT2D eigenvalue weighted by molar-refractivity contribution is 5.94. The molecule has 0 bridgehead atoms. The van der Waals surface area contributed by atoms with Crippen LogP contribution in [0, 0.1) is 0 Å². The molecule has 3 aromatic rings. The van der Waals surface area contributed by atoms with Gasteiger partial charge in [0.25, 0.3) is 0 Å². The maximum atomic E-state index is 13.1. The van der Waals surface area contributed by atoms with Crippen LogP contribution < -0.4 is 0 Å². The lowest BCUT2D eigenvalue weighted by molar-refractivity contribution is -0.137. The zero-order valence-corrected chi connectivity index (χ0v) is 10.9. The van der Waals surface area contributed by atoms with Gasteiger partial charge in [-0.15, -0.1) is 10.2 Å². The number of hydrogen-bond acceptors (Lipinski definition) is 3. The Kier molecular flexibility index (Phi) is 3.09. The molecule has 1 N–H and O–H groups in total. The molecule has 2 aromatic heterocycles. The van der Waals surface area contributed by atoms with Gasteiger partial charge >= 0.3 is 12.1 Å². The quantitative estimate of drug-likeness (QED) is 0.790. The van der Waals surface area contributed by atoms with Crippen LogP contribution in [0.2, 0.25) is 0 Å². The number of carboxylic acids is 1. The average Bonchev–Trinajstić information content (AvgIpc) is 2.89. The van der Waals surface area contributed by atoms with Crippen molar-refractivity contribution < 1.29 is 23.1 Å². The summed E-state index contributed by atoms with van der Waals surface area (Å²) in [5.74, 6) is -1.29. The number of benzene rings is 1. The van der Waals surface area contributed by atoms with Crippen molar-refractivity contribution in [1.82, 2.24) is 14.6 Å². The first kappa shape index (κ1) is 14.1. The van der Waals surface area contributed by atoms with E-state index in [0.29, 0.717) is 0 Å². The van der Waals surface area contributed by atoms with Crippen LogP contribution in [0.5, 0.6) is 0 Å². The van der Waals surface area contributed by atoms with Gasteiger partial charge in [-0.3, -0.25) is 4.40 Å². The molecule has 0 fully saturated rings. The largest absolute Gasteiger partial charge is 0.478 e. The number of alkyl halides is 3. The molecular formula is C14H8F3N3O2. The van der Waals surface area contributed by atoms with Crippen LogP contribution in [0.4, 0.5) is 13.2 Å². The molecule has 0 saturated heterocycles. The zero-order valence-electron chi connectivity index (χ0n) is 10.9. The molecule has 0 spiro atoms. The first-order valence-corrected chi connectivity index (χ1v) is 6.13. The van der Waals surface area contributed by atoms with Gasteiger partial charge in [0.1, 0.15) is 5.56 Å². The van der Waals surface area contributed by atoms with Crippen molar-refractivity contribution in [1.29, 1.82) is 0 Å². The summed E-state index contributed by atoms with van der Waals surface area (Å²) in [4.78, 5) is 11.1. The standard InChI is InChI=1S/C14H8F3N3O2/c15-14(16,17)10-6-2-1-4-8(10)11-18-19-12-9(13(21)22)5-3-7-20(11)12/h1-7H,(H,21,22). The Balaban J connectivity index is 2.30. The zero-order chi connectivity index (χ0) is 15.9. The molecule has 22 heavy (non-hydrogen) atoms. The Morgan fingerprint density at radius 2 is 1.82 bits per heavy atom. The summed E-state index contributed by atoms with van der Waals surface area (Å²) < 4.78 is 40.5. The predicted octanol–water partition coefficient (Wildman–Crippen LogP) is 3.11. The summed E-state index contributed by atoms with van der Waals surface area (Å²) in [6, 6.07) is 7.67. The van der Waals surface area contributed by atoms with E-state index in [4.69, 9.17) is 5.11 Å². The van der Waals surface area contributed by atoms with Gasteiger partial charge in [0.05, 0.1) is 5.56 Å². The number of halogens is 3. The van der Waals surface area contributed by atoms with Gasteiger partial charge in [-0.1, -0.05) is 18.2 Å². The molecular weight excluding hydrogens is 299 g/mol. The number of nitrogens with zero attached hydrogens (tertiary/aromatic N) is 3. The fourth-order valence-electron chi connectivity index (χ4n) is 2.19. The molecule has 0 aliphatic heterocycles. The normalized spacial score (nSPS) is 11.8. The molecule has 5 nitrogen and oxygen atoms in total. The van der Waals surface area contributed by atoms with Gasteiger partial charge in [0, 0.05) is 11.8 Å². The van der Waals surface area contributed by atoms with E-state index in [0.717, 1.165) is 6.07 Å². The van der Waals surface area contributed by atoms with Crippen molar-refractivity contribution >= 4 is 11.6 Å². The van der Waals surface area contributed by atoms with E-state index in [1.165, 1.54) is 40.9 Å². The topological polar surface area (TPSA) is 67.5 Å². The van der Waals surface area contributed by atoms with Gasteiger partial charge in [0.15, 0.2) is 11.5 Å². The molecule has 0 radical (unpaired) electrons. The number of carboxylic acid groups (broad SMARTS) is 1. The number of aromatic nitrogens is 3. The highest BCUT2D eigenvalue weighted by atomic mass is 19.4. The first-order chi connectivity index (χ1) is 10.4. The molecule has 0 atom stereocenters. The van der Waals surface area contributed by atoms with Gasteiger partial charge in [0.2, 0.25) is 0 Å². The lowest BCUT2D eigenvalue weighted by atomic mass is 10.1. The molecule has 0 aliphatic carbocycles. The van der Waals surface area contributed by atoms with E-state index in [9.17, 15) is 18.0 Å². The van der Waals surface area contributed by atoms with Crippen LogP contribution in [-0.2, 0) is 6.18 Å². The van der Waals surface area contributed by atoms with Crippen molar-refractivity contribution in [3.63, 3.8) is 0 Å². The van der Waals surface area contributed by atoms with E-state index < -0.39 is 17.7 Å². The number of fused-ring (bicyclic) bond motifs is 1. The molecule has 112 valence electrons. The number of hydrogen-bond donors (Lipinski definition) is 1.